The standard InChI is InChI=1S/C25H21N3O4/c1-15-11-17(3)24-22(12-15)27-25(32-24)19-9-7-16(2)21(14-19)26-23(29)10-8-18-5-4-6-20(13-18)28(30)31/h4-14H,1-3H3,(H,26,29). The van der Waals surface area contributed by atoms with Gasteiger partial charge in [-0.05, 0) is 67.3 Å². The first-order valence-corrected chi connectivity index (χ1v) is 10.0. The summed E-state index contributed by atoms with van der Waals surface area (Å²) in [4.78, 5) is 27.5. The lowest BCUT2D eigenvalue weighted by molar-refractivity contribution is -0.384. The van der Waals surface area contributed by atoms with Crippen molar-refractivity contribution in [2.24, 2.45) is 0 Å². The van der Waals surface area contributed by atoms with Gasteiger partial charge < -0.3 is 9.73 Å². The van der Waals surface area contributed by atoms with Crippen LogP contribution in [0.3, 0.4) is 0 Å². The van der Waals surface area contributed by atoms with Gasteiger partial charge in [0, 0.05) is 29.5 Å². The van der Waals surface area contributed by atoms with Gasteiger partial charge in [-0.15, -0.1) is 0 Å². The lowest BCUT2D eigenvalue weighted by atomic mass is 10.1. The summed E-state index contributed by atoms with van der Waals surface area (Å²) in [6.45, 7) is 5.89. The van der Waals surface area contributed by atoms with Crippen molar-refractivity contribution in [1.82, 2.24) is 4.98 Å². The molecule has 32 heavy (non-hydrogen) atoms. The van der Waals surface area contributed by atoms with E-state index in [0.29, 0.717) is 17.1 Å². The zero-order chi connectivity index (χ0) is 22.8. The van der Waals surface area contributed by atoms with Crippen LogP contribution in [0.5, 0.6) is 0 Å². The molecular weight excluding hydrogens is 406 g/mol. The first-order valence-electron chi connectivity index (χ1n) is 10.0. The summed E-state index contributed by atoms with van der Waals surface area (Å²) in [6.07, 6.45) is 2.88. The number of carbonyl (C=O) groups excluding carboxylic acids is 1. The Labute approximate surface area is 184 Å². The van der Waals surface area contributed by atoms with Gasteiger partial charge in [0.05, 0.1) is 4.92 Å². The molecule has 1 aromatic heterocycles. The molecule has 160 valence electrons. The Bertz CT molecular complexity index is 1390. The minimum absolute atomic E-state index is 0.0279. The van der Waals surface area contributed by atoms with Gasteiger partial charge in [-0.3, -0.25) is 14.9 Å². The van der Waals surface area contributed by atoms with Gasteiger partial charge in [-0.25, -0.2) is 4.98 Å². The fourth-order valence-corrected chi connectivity index (χ4v) is 3.48. The van der Waals surface area contributed by atoms with Crippen LogP contribution < -0.4 is 5.32 Å². The number of non-ortho nitro benzene ring substituents is 1. The fraction of sp³-hybridized carbons (Fsp3) is 0.120. The molecule has 0 fully saturated rings. The average Bonchev–Trinajstić information content (AvgIpc) is 3.18. The van der Waals surface area contributed by atoms with Crippen molar-refractivity contribution in [3.05, 3.63) is 93.0 Å². The number of hydrogen-bond donors (Lipinski definition) is 1. The van der Waals surface area contributed by atoms with E-state index in [1.54, 1.807) is 12.1 Å². The van der Waals surface area contributed by atoms with E-state index in [-0.39, 0.29) is 11.6 Å². The van der Waals surface area contributed by atoms with Crippen molar-refractivity contribution in [3.8, 4) is 11.5 Å². The summed E-state index contributed by atoms with van der Waals surface area (Å²) in [7, 11) is 0. The number of aromatic nitrogens is 1. The maximum atomic E-state index is 12.5. The Morgan fingerprint density at radius 1 is 1.06 bits per heavy atom. The molecule has 3 aromatic carbocycles. The number of nitrogens with one attached hydrogen (secondary N) is 1. The minimum Gasteiger partial charge on any atom is -0.436 e. The highest BCUT2D eigenvalue weighted by atomic mass is 16.6. The number of nitro groups is 1. The predicted molar refractivity (Wildman–Crippen MR) is 124 cm³/mol. The van der Waals surface area contributed by atoms with Gasteiger partial charge in [0.1, 0.15) is 5.52 Å². The molecule has 0 saturated carbocycles. The third-order valence-electron chi connectivity index (χ3n) is 5.07. The summed E-state index contributed by atoms with van der Waals surface area (Å²) in [5, 5.41) is 13.8. The molecule has 0 bridgehead atoms. The van der Waals surface area contributed by atoms with Gasteiger partial charge in [0.15, 0.2) is 5.58 Å². The second-order valence-corrected chi connectivity index (χ2v) is 7.65. The van der Waals surface area contributed by atoms with Crippen molar-refractivity contribution < 1.29 is 14.1 Å². The molecule has 0 atom stereocenters. The van der Waals surface area contributed by atoms with Crippen LogP contribution in [-0.4, -0.2) is 15.8 Å². The maximum absolute atomic E-state index is 12.5. The normalized spacial score (nSPS) is 11.2. The topological polar surface area (TPSA) is 98.3 Å². The van der Waals surface area contributed by atoms with Gasteiger partial charge in [-0.2, -0.15) is 0 Å². The summed E-state index contributed by atoms with van der Waals surface area (Å²) in [6, 6.07) is 15.7. The number of fused-ring (bicyclic) bond motifs is 1. The maximum Gasteiger partial charge on any atom is 0.270 e. The summed E-state index contributed by atoms with van der Waals surface area (Å²) in [5.41, 5.74) is 6.48. The van der Waals surface area contributed by atoms with E-state index in [1.165, 1.54) is 24.3 Å². The molecule has 1 N–H and O–H groups in total. The van der Waals surface area contributed by atoms with Crippen LogP contribution in [0.15, 0.2) is 65.1 Å². The van der Waals surface area contributed by atoms with E-state index in [9.17, 15) is 14.9 Å². The highest BCUT2D eigenvalue weighted by molar-refractivity contribution is 6.02. The van der Waals surface area contributed by atoms with Crippen LogP contribution in [0.25, 0.3) is 28.6 Å². The van der Waals surface area contributed by atoms with Crippen molar-refractivity contribution in [2.75, 3.05) is 5.32 Å². The van der Waals surface area contributed by atoms with Gasteiger partial charge >= 0.3 is 0 Å². The molecule has 0 aliphatic carbocycles. The van der Waals surface area contributed by atoms with Gasteiger partial charge in [0.25, 0.3) is 5.69 Å². The Hall–Kier alpha value is -4.26. The van der Waals surface area contributed by atoms with Crippen molar-refractivity contribution >= 4 is 34.5 Å². The highest BCUT2D eigenvalue weighted by Gasteiger charge is 2.13. The number of carbonyl (C=O) groups is 1. The van der Waals surface area contributed by atoms with Crippen LogP contribution >= 0.6 is 0 Å². The van der Waals surface area contributed by atoms with Crippen molar-refractivity contribution in [3.63, 3.8) is 0 Å². The third-order valence-corrected chi connectivity index (χ3v) is 5.07. The molecule has 7 nitrogen and oxygen atoms in total. The largest absolute Gasteiger partial charge is 0.436 e. The Balaban J connectivity index is 1.57. The number of nitro benzene ring substituents is 1. The number of nitrogens with zero attached hydrogens (tertiary/aromatic N) is 2. The number of aryl methyl sites for hydroxylation is 3. The SMILES string of the molecule is Cc1cc(C)c2oc(-c3ccc(C)c(NC(=O)C=Cc4cccc([N+](=O)[O-])c4)c3)nc2c1. The number of oxazole rings is 1. The molecule has 0 radical (unpaired) electrons. The first-order chi connectivity index (χ1) is 15.3. The Morgan fingerprint density at radius 2 is 1.88 bits per heavy atom. The zero-order valence-electron chi connectivity index (χ0n) is 17.9. The fourth-order valence-electron chi connectivity index (χ4n) is 3.48. The molecule has 4 rings (SSSR count). The van der Waals surface area contributed by atoms with Gasteiger partial charge in [0.2, 0.25) is 11.8 Å². The molecule has 0 saturated heterocycles. The van der Waals surface area contributed by atoms with E-state index in [4.69, 9.17) is 4.42 Å². The van der Waals surface area contributed by atoms with E-state index >= 15 is 0 Å². The highest BCUT2D eigenvalue weighted by Crippen LogP contribution is 2.30. The van der Waals surface area contributed by atoms with Crippen LogP contribution in [0.4, 0.5) is 11.4 Å². The lowest BCUT2D eigenvalue weighted by Crippen LogP contribution is -2.09. The molecule has 0 aliphatic heterocycles. The molecule has 0 aliphatic rings. The van der Waals surface area contributed by atoms with Crippen LogP contribution in [0.1, 0.15) is 22.3 Å². The quantitative estimate of drug-likeness (QED) is 0.240. The van der Waals surface area contributed by atoms with Crippen LogP contribution in [0, 0.1) is 30.9 Å². The first kappa shape index (κ1) is 21.0. The average molecular weight is 427 g/mol. The van der Waals surface area contributed by atoms with E-state index < -0.39 is 4.92 Å². The number of rotatable bonds is 5. The molecule has 0 spiro atoms. The van der Waals surface area contributed by atoms with Gasteiger partial charge in [-0.1, -0.05) is 24.3 Å². The van der Waals surface area contributed by atoms with Crippen molar-refractivity contribution in [2.45, 2.75) is 20.8 Å². The zero-order valence-corrected chi connectivity index (χ0v) is 17.9. The third kappa shape index (κ3) is 4.41. The van der Waals surface area contributed by atoms with E-state index in [1.807, 2.05) is 51.1 Å². The number of anilines is 1. The summed E-state index contributed by atoms with van der Waals surface area (Å²) in [5.74, 6) is 0.136. The Kier molecular flexibility index (Phi) is 5.55. The van der Waals surface area contributed by atoms with Crippen LogP contribution in [0.2, 0.25) is 0 Å². The molecule has 1 amide bonds. The number of benzene rings is 3. The second kappa shape index (κ2) is 8.47. The Morgan fingerprint density at radius 3 is 2.66 bits per heavy atom. The lowest BCUT2D eigenvalue weighted by Gasteiger charge is -2.08. The van der Waals surface area contributed by atoms with Crippen LogP contribution in [-0.2, 0) is 4.79 Å². The van der Waals surface area contributed by atoms with E-state index in [0.717, 1.165) is 33.4 Å². The molecule has 1 heterocycles. The molecule has 4 aromatic rings. The monoisotopic (exact) mass is 427 g/mol. The number of amides is 1. The summed E-state index contributed by atoms with van der Waals surface area (Å²) < 4.78 is 5.98. The predicted octanol–water partition coefficient (Wildman–Crippen LogP) is 5.98. The van der Waals surface area contributed by atoms with Crippen molar-refractivity contribution in [1.29, 1.82) is 0 Å². The molecule has 7 heteroatoms. The number of hydrogen-bond acceptors (Lipinski definition) is 5. The second-order valence-electron chi connectivity index (χ2n) is 7.65. The van der Waals surface area contributed by atoms with E-state index in [2.05, 4.69) is 10.3 Å². The molecular formula is C25H21N3O4. The molecule has 0 unspecified atom stereocenters. The summed E-state index contributed by atoms with van der Waals surface area (Å²) >= 11 is 0. The minimum atomic E-state index is -0.471. The smallest absolute Gasteiger partial charge is 0.270 e.